The lowest BCUT2D eigenvalue weighted by Gasteiger charge is -2.14. The number of halogens is 1. The summed E-state index contributed by atoms with van der Waals surface area (Å²) in [6.45, 7) is 1.50. The minimum atomic E-state index is 0.403. The number of aromatic nitrogens is 2. The van der Waals surface area contributed by atoms with Crippen LogP contribution in [0.3, 0.4) is 0 Å². The quantitative estimate of drug-likeness (QED) is 0.420. The number of fused-ring (bicyclic) bond motifs is 1. The zero-order valence-electron chi connectivity index (χ0n) is 16.1. The zero-order valence-corrected chi connectivity index (χ0v) is 16.9. The molecule has 0 aliphatic heterocycles. The summed E-state index contributed by atoms with van der Waals surface area (Å²) in [7, 11) is 1.67. The number of rotatable bonds is 8. The second-order valence-electron chi connectivity index (χ2n) is 6.64. The van der Waals surface area contributed by atoms with Crippen molar-refractivity contribution in [1.29, 1.82) is 0 Å². The van der Waals surface area contributed by atoms with Crippen LogP contribution >= 0.6 is 11.6 Å². The van der Waals surface area contributed by atoms with E-state index in [-0.39, 0.29) is 0 Å². The van der Waals surface area contributed by atoms with Crippen LogP contribution in [0.5, 0.6) is 5.75 Å². The maximum Gasteiger partial charge on any atom is 0.143 e. The fourth-order valence-electron chi connectivity index (χ4n) is 3.25. The molecule has 0 aliphatic rings. The second kappa shape index (κ2) is 8.99. The fourth-order valence-corrected chi connectivity index (χ4v) is 3.44. The van der Waals surface area contributed by atoms with Gasteiger partial charge in [-0.3, -0.25) is 0 Å². The van der Waals surface area contributed by atoms with Gasteiger partial charge in [-0.25, -0.2) is 4.98 Å². The number of anilines is 1. The van der Waals surface area contributed by atoms with Gasteiger partial charge in [0, 0.05) is 24.4 Å². The van der Waals surface area contributed by atoms with Crippen LogP contribution in [0.2, 0.25) is 5.02 Å². The summed E-state index contributed by atoms with van der Waals surface area (Å²) in [5, 5.41) is 5.06. The molecule has 0 atom stereocenters. The van der Waals surface area contributed by atoms with E-state index in [1.807, 2.05) is 53.1 Å². The Balaban J connectivity index is 1.54. The summed E-state index contributed by atoms with van der Waals surface area (Å²) in [5.41, 5.74) is 3.89. The van der Waals surface area contributed by atoms with Gasteiger partial charge in [0.05, 0.1) is 17.3 Å². The van der Waals surface area contributed by atoms with E-state index in [0.717, 1.165) is 33.7 Å². The highest BCUT2D eigenvalue weighted by Gasteiger charge is 2.13. The molecule has 2 aromatic carbocycles. The molecule has 4 rings (SSSR count). The molecule has 0 spiro atoms. The molecule has 0 unspecified atom stereocenters. The van der Waals surface area contributed by atoms with Crippen LogP contribution in [-0.4, -0.2) is 16.7 Å². The van der Waals surface area contributed by atoms with Crippen LogP contribution in [0.1, 0.15) is 11.3 Å². The van der Waals surface area contributed by atoms with E-state index >= 15 is 0 Å². The molecule has 0 radical (unpaired) electrons. The first kappa shape index (κ1) is 19.3. The van der Waals surface area contributed by atoms with E-state index in [4.69, 9.17) is 21.1 Å². The minimum absolute atomic E-state index is 0.403. The first-order chi connectivity index (χ1) is 14.3. The van der Waals surface area contributed by atoms with Gasteiger partial charge in [-0.05, 0) is 29.8 Å². The average molecular weight is 408 g/mol. The molecule has 0 aliphatic carbocycles. The first-order valence-corrected chi connectivity index (χ1v) is 9.75. The average Bonchev–Trinajstić information content (AvgIpc) is 3.11. The SMILES string of the molecule is COCn1c(CNc2ccccc2OCc2ccccc2)cc2c(Cl)ccnc21. The predicted molar refractivity (Wildman–Crippen MR) is 116 cm³/mol. The standard InChI is InChI=1S/C23H22ClN3O2/c1-28-16-27-18(13-19-20(24)11-12-25-23(19)27)14-26-21-9-5-6-10-22(21)29-15-17-7-3-2-4-8-17/h2-13,26H,14-16H2,1H3. The van der Waals surface area contributed by atoms with Gasteiger partial charge >= 0.3 is 0 Å². The molecule has 4 aromatic rings. The number of benzene rings is 2. The van der Waals surface area contributed by atoms with Gasteiger partial charge in [-0.1, -0.05) is 54.1 Å². The van der Waals surface area contributed by atoms with E-state index in [1.165, 1.54) is 0 Å². The molecular weight excluding hydrogens is 386 g/mol. The number of nitrogens with one attached hydrogen (secondary N) is 1. The summed E-state index contributed by atoms with van der Waals surface area (Å²) in [6, 6.07) is 21.9. The highest BCUT2D eigenvalue weighted by molar-refractivity contribution is 6.35. The summed E-state index contributed by atoms with van der Waals surface area (Å²) >= 11 is 6.35. The van der Waals surface area contributed by atoms with Gasteiger partial charge < -0.3 is 19.4 Å². The van der Waals surface area contributed by atoms with Crippen LogP contribution in [0.4, 0.5) is 5.69 Å². The number of nitrogens with zero attached hydrogens (tertiary/aromatic N) is 2. The van der Waals surface area contributed by atoms with Gasteiger partial charge in [0.25, 0.3) is 0 Å². The number of ether oxygens (including phenoxy) is 2. The molecule has 0 bridgehead atoms. The number of methoxy groups -OCH3 is 1. The first-order valence-electron chi connectivity index (χ1n) is 9.37. The largest absolute Gasteiger partial charge is 0.487 e. The molecule has 2 aromatic heterocycles. The van der Waals surface area contributed by atoms with Gasteiger partial charge in [0.1, 0.15) is 24.7 Å². The Bertz CT molecular complexity index is 1100. The molecule has 6 heteroatoms. The van der Waals surface area contributed by atoms with Crippen LogP contribution in [0.25, 0.3) is 11.0 Å². The molecule has 0 saturated carbocycles. The van der Waals surface area contributed by atoms with Gasteiger partial charge in [0.15, 0.2) is 0 Å². The topological polar surface area (TPSA) is 48.3 Å². The van der Waals surface area contributed by atoms with Crippen molar-refractivity contribution in [2.75, 3.05) is 12.4 Å². The maximum atomic E-state index is 6.35. The summed E-state index contributed by atoms with van der Waals surface area (Å²) in [5.74, 6) is 0.807. The van der Waals surface area contributed by atoms with Crippen molar-refractivity contribution >= 4 is 28.3 Å². The Morgan fingerprint density at radius 1 is 1.03 bits per heavy atom. The van der Waals surface area contributed by atoms with Crippen molar-refractivity contribution in [3.05, 3.63) is 89.2 Å². The molecule has 148 valence electrons. The highest BCUT2D eigenvalue weighted by Crippen LogP contribution is 2.28. The molecule has 1 N–H and O–H groups in total. The van der Waals surface area contributed by atoms with Crippen molar-refractivity contribution in [2.45, 2.75) is 19.9 Å². The van der Waals surface area contributed by atoms with Gasteiger partial charge in [-0.15, -0.1) is 0 Å². The monoisotopic (exact) mass is 407 g/mol. The number of para-hydroxylation sites is 2. The lowest BCUT2D eigenvalue weighted by molar-refractivity contribution is 0.132. The molecule has 29 heavy (non-hydrogen) atoms. The number of pyridine rings is 1. The van der Waals surface area contributed by atoms with Crippen molar-refractivity contribution in [1.82, 2.24) is 9.55 Å². The fraction of sp³-hybridized carbons (Fsp3) is 0.174. The minimum Gasteiger partial charge on any atom is -0.487 e. The molecule has 0 fully saturated rings. The van der Waals surface area contributed by atoms with Crippen LogP contribution in [0, 0.1) is 0 Å². The summed E-state index contributed by atoms with van der Waals surface area (Å²) in [4.78, 5) is 4.46. The molecule has 0 amide bonds. The smallest absolute Gasteiger partial charge is 0.143 e. The van der Waals surface area contributed by atoms with Crippen LogP contribution < -0.4 is 10.1 Å². The van der Waals surface area contributed by atoms with E-state index in [1.54, 1.807) is 19.4 Å². The number of hydrogen-bond acceptors (Lipinski definition) is 4. The predicted octanol–water partition coefficient (Wildman–Crippen LogP) is 5.48. The third-order valence-corrected chi connectivity index (χ3v) is 5.00. The van der Waals surface area contributed by atoms with Crippen molar-refractivity contribution < 1.29 is 9.47 Å². The van der Waals surface area contributed by atoms with Crippen molar-refractivity contribution in [3.63, 3.8) is 0 Å². The van der Waals surface area contributed by atoms with Gasteiger partial charge in [-0.2, -0.15) is 0 Å². The molecule has 2 heterocycles. The third-order valence-electron chi connectivity index (χ3n) is 4.67. The van der Waals surface area contributed by atoms with E-state index in [9.17, 15) is 0 Å². The lowest BCUT2D eigenvalue weighted by Crippen LogP contribution is -2.10. The maximum absolute atomic E-state index is 6.35. The third kappa shape index (κ3) is 4.36. The Kier molecular flexibility index (Phi) is 5.98. The van der Waals surface area contributed by atoms with Crippen LogP contribution in [-0.2, 0) is 24.6 Å². The normalized spacial score (nSPS) is 11.0. The van der Waals surface area contributed by atoms with Crippen molar-refractivity contribution in [2.24, 2.45) is 0 Å². The lowest BCUT2D eigenvalue weighted by atomic mass is 10.2. The van der Waals surface area contributed by atoms with E-state index < -0.39 is 0 Å². The van der Waals surface area contributed by atoms with E-state index in [0.29, 0.717) is 24.9 Å². The van der Waals surface area contributed by atoms with Crippen LogP contribution in [0.15, 0.2) is 72.9 Å². The Labute approximate surface area is 174 Å². The number of hydrogen-bond donors (Lipinski definition) is 1. The highest BCUT2D eigenvalue weighted by atomic mass is 35.5. The summed E-state index contributed by atoms with van der Waals surface area (Å²) in [6.07, 6.45) is 1.71. The Hall–Kier alpha value is -3.02. The van der Waals surface area contributed by atoms with Gasteiger partial charge in [0.2, 0.25) is 0 Å². The van der Waals surface area contributed by atoms with Crippen molar-refractivity contribution in [3.8, 4) is 5.75 Å². The Morgan fingerprint density at radius 2 is 1.83 bits per heavy atom. The van der Waals surface area contributed by atoms with E-state index in [2.05, 4.69) is 22.4 Å². The molecule has 5 nitrogen and oxygen atoms in total. The zero-order chi connectivity index (χ0) is 20.1. The molecule has 0 saturated heterocycles. The summed E-state index contributed by atoms with van der Waals surface area (Å²) < 4.78 is 13.4. The second-order valence-corrected chi connectivity index (χ2v) is 7.04. The Morgan fingerprint density at radius 3 is 2.66 bits per heavy atom. The molecular formula is C23H22ClN3O2.